The first kappa shape index (κ1) is 15.2. The van der Waals surface area contributed by atoms with Crippen molar-refractivity contribution in [1.29, 1.82) is 5.26 Å². The molecule has 0 bridgehead atoms. The van der Waals surface area contributed by atoms with Crippen molar-refractivity contribution >= 4 is 28.1 Å². The van der Waals surface area contributed by atoms with Gasteiger partial charge in [0, 0.05) is 35.4 Å². The number of benzene rings is 2. The SMILES string of the molecule is C/C=C(/C#N)c1ccc2c(c1)C(=O)N(c1ccc3c(ccn3C)c1)C2. The largest absolute Gasteiger partial charge is 0.351 e. The molecule has 0 saturated heterocycles. The van der Waals surface area contributed by atoms with E-state index in [1.54, 1.807) is 11.0 Å². The van der Waals surface area contributed by atoms with E-state index in [9.17, 15) is 10.1 Å². The predicted octanol–water partition coefficient (Wildman–Crippen LogP) is 4.27. The predicted molar refractivity (Wildman–Crippen MR) is 99.1 cm³/mol. The van der Waals surface area contributed by atoms with Gasteiger partial charge in [-0.1, -0.05) is 18.2 Å². The number of aryl methyl sites for hydroxylation is 1. The fraction of sp³-hybridized carbons (Fsp3) is 0.143. The van der Waals surface area contributed by atoms with Crippen molar-refractivity contribution in [2.75, 3.05) is 4.90 Å². The standard InChI is InChI=1S/C21H17N3O/c1-3-14(12-22)15-4-5-17-13-24(21(25)19(17)11-15)18-6-7-20-16(10-18)8-9-23(20)2/h3-11H,13H2,1-2H3/b14-3-. The molecule has 4 rings (SSSR count). The molecule has 3 aromatic rings. The zero-order chi connectivity index (χ0) is 17.6. The zero-order valence-electron chi connectivity index (χ0n) is 14.2. The van der Waals surface area contributed by atoms with E-state index in [1.807, 2.05) is 56.6 Å². The first-order chi connectivity index (χ1) is 12.1. The Bertz CT molecular complexity index is 1080. The van der Waals surface area contributed by atoms with E-state index >= 15 is 0 Å². The summed E-state index contributed by atoms with van der Waals surface area (Å²) < 4.78 is 2.06. The third kappa shape index (κ3) is 2.33. The minimum Gasteiger partial charge on any atom is -0.351 e. The lowest BCUT2D eigenvalue weighted by Gasteiger charge is -2.16. The Morgan fingerprint density at radius 2 is 2.04 bits per heavy atom. The minimum atomic E-state index is -0.0134. The van der Waals surface area contributed by atoms with E-state index in [2.05, 4.69) is 16.7 Å². The monoisotopic (exact) mass is 327 g/mol. The molecule has 0 radical (unpaired) electrons. The lowest BCUT2D eigenvalue weighted by molar-refractivity contribution is 0.0996. The first-order valence-electron chi connectivity index (χ1n) is 8.19. The Kier molecular flexibility index (Phi) is 3.43. The number of carbonyl (C=O) groups is 1. The Labute approximate surface area is 146 Å². The highest BCUT2D eigenvalue weighted by Crippen LogP contribution is 2.32. The number of amides is 1. The zero-order valence-corrected chi connectivity index (χ0v) is 14.2. The Morgan fingerprint density at radius 3 is 2.80 bits per heavy atom. The molecule has 1 aromatic heterocycles. The number of nitriles is 1. The summed E-state index contributed by atoms with van der Waals surface area (Å²) >= 11 is 0. The number of nitrogens with zero attached hydrogens (tertiary/aromatic N) is 3. The highest BCUT2D eigenvalue weighted by Gasteiger charge is 2.29. The van der Waals surface area contributed by atoms with E-state index in [0.29, 0.717) is 17.7 Å². The molecule has 122 valence electrons. The fourth-order valence-corrected chi connectivity index (χ4v) is 3.41. The van der Waals surface area contributed by atoms with Crippen molar-refractivity contribution in [2.45, 2.75) is 13.5 Å². The number of carbonyl (C=O) groups excluding carboxylic acids is 1. The van der Waals surface area contributed by atoms with Gasteiger partial charge in [0.2, 0.25) is 0 Å². The molecule has 2 aromatic carbocycles. The summed E-state index contributed by atoms with van der Waals surface area (Å²) in [6.45, 7) is 2.39. The van der Waals surface area contributed by atoms with E-state index in [-0.39, 0.29) is 5.91 Å². The summed E-state index contributed by atoms with van der Waals surface area (Å²) in [6.07, 6.45) is 3.78. The van der Waals surface area contributed by atoms with Crippen LogP contribution in [0.2, 0.25) is 0 Å². The van der Waals surface area contributed by atoms with Gasteiger partial charge in [0.05, 0.1) is 18.2 Å². The molecule has 0 spiro atoms. The second-order valence-electron chi connectivity index (χ2n) is 6.25. The maximum absolute atomic E-state index is 12.9. The topological polar surface area (TPSA) is 49.0 Å². The number of hydrogen-bond acceptors (Lipinski definition) is 2. The van der Waals surface area contributed by atoms with Gasteiger partial charge in [-0.3, -0.25) is 4.79 Å². The van der Waals surface area contributed by atoms with Gasteiger partial charge >= 0.3 is 0 Å². The third-order valence-electron chi connectivity index (χ3n) is 4.81. The lowest BCUT2D eigenvalue weighted by atomic mass is 10.0. The van der Waals surface area contributed by atoms with E-state index < -0.39 is 0 Å². The fourth-order valence-electron chi connectivity index (χ4n) is 3.41. The molecular formula is C21H17N3O. The van der Waals surface area contributed by atoms with E-state index in [0.717, 1.165) is 27.7 Å². The molecule has 0 atom stereocenters. The van der Waals surface area contributed by atoms with Crippen molar-refractivity contribution < 1.29 is 4.79 Å². The maximum Gasteiger partial charge on any atom is 0.258 e. The summed E-state index contributed by atoms with van der Waals surface area (Å²) in [6, 6.07) is 16.0. The van der Waals surface area contributed by atoms with Gasteiger partial charge < -0.3 is 9.47 Å². The molecule has 0 unspecified atom stereocenters. The average Bonchev–Trinajstić information content (AvgIpc) is 3.16. The lowest BCUT2D eigenvalue weighted by Crippen LogP contribution is -2.22. The molecule has 0 aliphatic carbocycles. The van der Waals surface area contributed by atoms with Crippen LogP contribution in [0.4, 0.5) is 5.69 Å². The number of hydrogen-bond donors (Lipinski definition) is 0. The van der Waals surface area contributed by atoms with Gasteiger partial charge in [0.15, 0.2) is 0 Å². The van der Waals surface area contributed by atoms with Crippen LogP contribution in [0.1, 0.15) is 28.4 Å². The van der Waals surface area contributed by atoms with E-state index in [4.69, 9.17) is 0 Å². The number of aromatic nitrogens is 1. The molecule has 0 fully saturated rings. The summed E-state index contributed by atoms with van der Waals surface area (Å²) in [5.74, 6) is -0.0134. The van der Waals surface area contributed by atoms with Gasteiger partial charge in [-0.2, -0.15) is 5.26 Å². The highest BCUT2D eigenvalue weighted by molar-refractivity contribution is 6.11. The molecule has 0 N–H and O–H groups in total. The van der Waals surface area contributed by atoms with Crippen LogP contribution in [-0.2, 0) is 13.6 Å². The number of rotatable bonds is 2. The first-order valence-corrected chi connectivity index (χ1v) is 8.19. The normalized spacial score (nSPS) is 14.0. The molecule has 25 heavy (non-hydrogen) atoms. The van der Waals surface area contributed by atoms with Crippen molar-refractivity contribution in [3.05, 3.63) is 71.4 Å². The van der Waals surface area contributed by atoms with Crippen LogP contribution in [0, 0.1) is 11.3 Å². The molecule has 0 saturated carbocycles. The Balaban J connectivity index is 1.73. The van der Waals surface area contributed by atoms with Gasteiger partial charge in [-0.05, 0) is 48.4 Å². The van der Waals surface area contributed by atoms with Crippen molar-refractivity contribution in [2.24, 2.45) is 7.05 Å². The smallest absolute Gasteiger partial charge is 0.258 e. The number of allylic oxidation sites excluding steroid dienone is 2. The summed E-state index contributed by atoms with van der Waals surface area (Å²) in [4.78, 5) is 14.7. The molecule has 1 aliphatic heterocycles. The van der Waals surface area contributed by atoms with Crippen LogP contribution in [0.15, 0.2) is 54.7 Å². The van der Waals surface area contributed by atoms with Crippen LogP contribution in [0.25, 0.3) is 16.5 Å². The summed E-state index contributed by atoms with van der Waals surface area (Å²) in [5.41, 5.74) is 5.09. The molecular weight excluding hydrogens is 310 g/mol. The van der Waals surface area contributed by atoms with Crippen LogP contribution in [0.3, 0.4) is 0 Å². The Hall–Kier alpha value is -3.32. The maximum atomic E-state index is 12.9. The third-order valence-corrected chi connectivity index (χ3v) is 4.81. The highest BCUT2D eigenvalue weighted by atomic mass is 16.2. The molecule has 2 heterocycles. The van der Waals surface area contributed by atoms with Crippen molar-refractivity contribution in [3.8, 4) is 6.07 Å². The number of fused-ring (bicyclic) bond motifs is 2. The van der Waals surface area contributed by atoms with Gasteiger partial charge in [-0.25, -0.2) is 0 Å². The van der Waals surface area contributed by atoms with E-state index in [1.165, 1.54) is 0 Å². The second kappa shape index (κ2) is 5.64. The van der Waals surface area contributed by atoms with Crippen molar-refractivity contribution in [3.63, 3.8) is 0 Å². The molecule has 4 heteroatoms. The number of anilines is 1. The average molecular weight is 327 g/mol. The van der Waals surface area contributed by atoms with Gasteiger partial charge in [0.1, 0.15) is 0 Å². The molecule has 1 amide bonds. The van der Waals surface area contributed by atoms with Crippen LogP contribution in [-0.4, -0.2) is 10.5 Å². The van der Waals surface area contributed by atoms with Crippen LogP contribution in [0.5, 0.6) is 0 Å². The van der Waals surface area contributed by atoms with Crippen LogP contribution >= 0.6 is 0 Å². The molecule has 1 aliphatic rings. The minimum absolute atomic E-state index is 0.0134. The Morgan fingerprint density at radius 1 is 1.20 bits per heavy atom. The van der Waals surface area contributed by atoms with Crippen LogP contribution < -0.4 is 4.90 Å². The second-order valence-corrected chi connectivity index (χ2v) is 6.25. The van der Waals surface area contributed by atoms with Gasteiger partial charge in [-0.15, -0.1) is 0 Å². The quantitative estimate of drug-likeness (QED) is 0.660. The van der Waals surface area contributed by atoms with Gasteiger partial charge in [0.25, 0.3) is 5.91 Å². The summed E-state index contributed by atoms with van der Waals surface area (Å²) in [7, 11) is 2.01. The van der Waals surface area contributed by atoms with Crippen molar-refractivity contribution in [1.82, 2.24) is 4.57 Å². The summed E-state index contributed by atoms with van der Waals surface area (Å²) in [5, 5.41) is 10.3. The molecule has 4 nitrogen and oxygen atoms in total.